The van der Waals surface area contributed by atoms with Crippen LogP contribution in [0.3, 0.4) is 0 Å². The maximum Gasteiger partial charge on any atom is 0.269 e. The maximum atomic E-state index is 13.8. The number of hydrogen-bond donors (Lipinski definition) is 2. The Morgan fingerprint density at radius 3 is 2.03 bits per heavy atom. The molecular formula is C19H19BrF2N2O4S. The van der Waals surface area contributed by atoms with Gasteiger partial charge in [0.25, 0.3) is 21.8 Å². The molecule has 0 aromatic heterocycles. The number of benzene rings is 2. The van der Waals surface area contributed by atoms with Crippen LogP contribution in [-0.2, 0) is 20.2 Å². The first-order valence-corrected chi connectivity index (χ1v) is 10.7. The van der Waals surface area contributed by atoms with Gasteiger partial charge < -0.3 is 5.32 Å². The van der Waals surface area contributed by atoms with Gasteiger partial charge in [0.1, 0.15) is 11.6 Å². The maximum absolute atomic E-state index is 13.8. The fraction of sp³-hybridized carbons (Fsp3) is 0.263. The first-order chi connectivity index (χ1) is 13.3. The number of rotatable bonds is 5. The summed E-state index contributed by atoms with van der Waals surface area (Å²) in [6.45, 7) is 5.36. The lowest BCUT2D eigenvalue weighted by atomic mass is 9.87. The molecule has 2 N–H and O–H groups in total. The SMILES string of the molecule is CC(C)(C)c1ccc(C(=O)NCC(=O)NS(=O)(=O)c2c(F)cc(Br)cc2F)cc1. The zero-order chi connectivity index (χ0) is 22.0. The van der Waals surface area contributed by atoms with E-state index in [-0.39, 0.29) is 15.5 Å². The molecule has 10 heteroatoms. The average molecular weight is 489 g/mol. The van der Waals surface area contributed by atoms with E-state index in [1.54, 1.807) is 24.3 Å². The molecule has 2 rings (SSSR count). The van der Waals surface area contributed by atoms with Gasteiger partial charge in [0.05, 0.1) is 6.54 Å². The Balaban J connectivity index is 2.03. The van der Waals surface area contributed by atoms with Crippen molar-refractivity contribution in [2.75, 3.05) is 6.54 Å². The van der Waals surface area contributed by atoms with Crippen LogP contribution in [0.15, 0.2) is 45.8 Å². The number of carbonyl (C=O) groups excluding carboxylic acids is 2. The van der Waals surface area contributed by atoms with Gasteiger partial charge in [-0.3, -0.25) is 9.59 Å². The minimum atomic E-state index is -4.79. The molecule has 2 aromatic rings. The molecule has 0 unspecified atom stereocenters. The highest BCUT2D eigenvalue weighted by Crippen LogP contribution is 2.23. The third kappa shape index (κ3) is 5.83. The minimum Gasteiger partial charge on any atom is -0.343 e. The number of hydrogen-bond acceptors (Lipinski definition) is 4. The summed E-state index contributed by atoms with van der Waals surface area (Å²) in [6.07, 6.45) is 0. The van der Waals surface area contributed by atoms with Crippen molar-refractivity contribution in [3.63, 3.8) is 0 Å². The lowest BCUT2D eigenvalue weighted by Crippen LogP contribution is -2.40. The molecule has 0 spiro atoms. The van der Waals surface area contributed by atoms with Crippen LogP contribution in [-0.4, -0.2) is 26.8 Å². The lowest BCUT2D eigenvalue weighted by Gasteiger charge is -2.19. The highest BCUT2D eigenvalue weighted by molar-refractivity contribution is 9.10. The molecule has 0 saturated carbocycles. The van der Waals surface area contributed by atoms with Gasteiger partial charge in [0, 0.05) is 10.0 Å². The second-order valence-electron chi connectivity index (χ2n) is 7.24. The van der Waals surface area contributed by atoms with Gasteiger partial charge >= 0.3 is 0 Å². The molecule has 0 aliphatic carbocycles. The minimum absolute atomic E-state index is 0.00233. The fourth-order valence-electron chi connectivity index (χ4n) is 2.41. The van der Waals surface area contributed by atoms with E-state index in [2.05, 4.69) is 21.2 Å². The van der Waals surface area contributed by atoms with Crippen molar-refractivity contribution >= 4 is 37.8 Å². The molecule has 0 heterocycles. The smallest absolute Gasteiger partial charge is 0.269 e. The predicted octanol–water partition coefficient (Wildman–Crippen LogP) is 3.26. The molecule has 2 amide bonds. The van der Waals surface area contributed by atoms with Crippen molar-refractivity contribution in [2.24, 2.45) is 0 Å². The van der Waals surface area contributed by atoms with Crippen LogP contribution in [0, 0.1) is 11.6 Å². The van der Waals surface area contributed by atoms with E-state index in [1.165, 1.54) is 4.72 Å². The Hall–Kier alpha value is -2.33. The van der Waals surface area contributed by atoms with Gasteiger partial charge in [0.2, 0.25) is 0 Å². The summed E-state index contributed by atoms with van der Waals surface area (Å²) < 4.78 is 53.4. The predicted molar refractivity (Wildman–Crippen MR) is 107 cm³/mol. The van der Waals surface area contributed by atoms with Crippen molar-refractivity contribution in [1.82, 2.24) is 10.0 Å². The lowest BCUT2D eigenvalue weighted by molar-refractivity contribution is -0.118. The third-order valence-electron chi connectivity index (χ3n) is 3.90. The van der Waals surface area contributed by atoms with Crippen LogP contribution < -0.4 is 10.0 Å². The highest BCUT2D eigenvalue weighted by Gasteiger charge is 2.26. The van der Waals surface area contributed by atoms with Gasteiger partial charge in [-0.05, 0) is 35.2 Å². The van der Waals surface area contributed by atoms with Crippen molar-refractivity contribution in [1.29, 1.82) is 0 Å². The third-order valence-corrected chi connectivity index (χ3v) is 5.78. The molecular weight excluding hydrogens is 470 g/mol. The zero-order valence-electron chi connectivity index (χ0n) is 15.8. The van der Waals surface area contributed by atoms with E-state index < -0.39 is 44.9 Å². The number of nitrogens with one attached hydrogen (secondary N) is 2. The van der Waals surface area contributed by atoms with E-state index in [0.29, 0.717) is 0 Å². The molecule has 0 saturated heterocycles. The molecule has 0 aliphatic rings. The molecule has 0 radical (unpaired) electrons. The van der Waals surface area contributed by atoms with Crippen LogP contribution in [0.4, 0.5) is 8.78 Å². The normalized spacial score (nSPS) is 11.8. The number of amides is 2. The van der Waals surface area contributed by atoms with Crippen LogP contribution >= 0.6 is 15.9 Å². The van der Waals surface area contributed by atoms with Crippen molar-refractivity contribution in [3.8, 4) is 0 Å². The molecule has 2 aromatic carbocycles. The quantitative estimate of drug-likeness (QED) is 0.675. The Labute approximate surface area is 175 Å². The Morgan fingerprint density at radius 1 is 1.03 bits per heavy atom. The van der Waals surface area contributed by atoms with Gasteiger partial charge in [-0.2, -0.15) is 0 Å². The second kappa shape index (κ2) is 8.58. The Bertz CT molecular complexity index is 1030. The van der Waals surface area contributed by atoms with Crippen molar-refractivity contribution in [3.05, 3.63) is 63.6 Å². The highest BCUT2D eigenvalue weighted by atomic mass is 79.9. The van der Waals surface area contributed by atoms with E-state index in [0.717, 1.165) is 17.7 Å². The van der Waals surface area contributed by atoms with Gasteiger partial charge in [-0.15, -0.1) is 0 Å². The van der Waals surface area contributed by atoms with E-state index in [9.17, 15) is 26.8 Å². The molecule has 0 fully saturated rings. The van der Waals surface area contributed by atoms with Crippen LogP contribution in [0.5, 0.6) is 0 Å². The summed E-state index contributed by atoms with van der Waals surface area (Å²) >= 11 is 2.83. The second-order valence-corrected chi connectivity index (χ2v) is 9.77. The monoisotopic (exact) mass is 488 g/mol. The summed E-state index contributed by atoms with van der Waals surface area (Å²) in [5.74, 6) is -4.47. The van der Waals surface area contributed by atoms with Crippen molar-refractivity contribution < 1.29 is 26.8 Å². The average Bonchev–Trinajstić information content (AvgIpc) is 2.57. The topological polar surface area (TPSA) is 92.3 Å². The largest absolute Gasteiger partial charge is 0.343 e. The van der Waals surface area contributed by atoms with E-state index in [1.807, 2.05) is 20.8 Å². The van der Waals surface area contributed by atoms with Gasteiger partial charge in [-0.1, -0.05) is 48.8 Å². The van der Waals surface area contributed by atoms with Gasteiger partial charge in [-0.25, -0.2) is 21.9 Å². The first kappa shape index (κ1) is 23.0. The summed E-state index contributed by atoms with van der Waals surface area (Å²) in [6, 6.07) is 8.22. The number of halogens is 3. The summed E-state index contributed by atoms with van der Waals surface area (Å²) in [5.41, 5.74) is 1.19. The summed E-state index contributed by atoms with van der Waals surface area (Å²) in [5, 5.41) is 2.26. The van der Waals surface area contributed by atoms with E-state index in [4.69, 9.17) is 0 Å². The van der Waals surface area contributed by atoms with Gasteiger partial charge in [0.15, 0.2) is 4.90 Å². The molecule has 29 heavy (non-hydrogen) atoms. The standard InChI is InChI=1S/C19H19BrF2N2O4S/c1-19(2,3)12-6-4-11(5-7-12)18(26)23-10-16(25)24-29(27,28)17-14(21)8-13(20)9-15(17)22/h4-9H,10H2,1-3H3,(H,23,26)(H,24,25). The molecule has 6 nitrogen and oxygen atoms in total. The Morgan fingerprint density at radius 2 is 1.55 bits per heavy atom. The Kier molecular flexibility index (Phi) is 6.79. The number of sulfonamides is 1. The molecule has 0 atom stereocenters. The van der Waals surface area contributed by atoms with Crippen LogP contribution in [0.2, 0.25) is 0 Å². The fourth-order valence-corrected chi connectivity index (χ4v) is 3.91. The van der Waals surface area contributed by atoms with Crippen LogP contribution in [0.1, 0.15) is 36.7 Å². The zero-order valence-corrected chi connectivity index (χ0v) is 18.2. The number of carbonyl (C=O) groups is 2. The van der Waals surface area contributed by atoms with E-state index >= 15 is 0 Å². The van der Waals surface area contributed by atoms with Crippen molar-refractivity contribution in [2.45, 2.75) is 31.1 Å². The summed E-state index contributed by atoms with van der Waals surface area (Å²) in [7, 11) is -4.79. The summed E-state index contributed by atoms with van der Waals surface area (Å²) in [4.78, 5) is 22.7. The first-order valence-electron chi connectivity index (χ1n) is 8.40. The molecule has 0 bridgehead atoms. The van der Waals surface area contributed by atoms with Crippen LogP contribution in [0.25, 0.3) is 0 Å². The molecule has 0 aliphatic heterocycles. The molecule has 156 valence electrons.